The number of benzene rings is 3. The number of hydrogen-bond acceptors (Lipinski definition) is 5. The average molecular weight is 524 g/mol. The van der Waals surface area contributed by atoms with Crippen molar-refractivity contribution in [2.75, 3.05) is 17.3 Å². The van der Waals surface area contributed by atoms with Crippen LogP contribution in [0.3, 0.4) is 0 Å². The zero-order valence-corrected chi connectivity index (χ0v) is 20.3. The van der Waals surface area contributed by atoms with Crippen molar-refractivity contribution in [3.63, 3.8) is 0 Å². The first-order chi connectivity index (χ1) is 17.7. The van der Waals surface area contributed by atoms with E-state index >= 15 is 0 Å². The van der Waals surface area contributed by atoms with Crippen LogP contribution in [0.4, 0.5) is 24.5 Å². The van der Waals surface area contributed by atoms with Crippen molar-refractivity contribution >= 4 is 35.0 Å². The summed E-state index contributed by atoms with van der Waals surface area (Å²) in [6.07, 6.45) is -4.54. The summed E-state index contributed by atoms with van der Waals surface area (Å²) in [5.74, 6) is -0.806. The van der Waals surface area contributed by atoms with Gasteiger partial charge in [-0.1, -0.05) is 60.3 Å². The number of anilines is 2. The van der Waals surface area contributed by atoms with Crippen LogP contribution in [-0.2, 0) is 22.2 Å². The summed E-state index contributed by atoms with van der Waals surface area (Å²) in [6, 6.07) is 21.8. The highest BCUT2D eigenvalue weighted by atomic mass is 32.2. The Labute approximate surface area is 215 Å². The Morgan fingerprint density at radius 2 is 1.78 bits per heavy atom. The quantitative estimate of drug-likeness (QED) is 0.327. The number of hydrogen-bond donors (Lipinski definition) is 1. The van der Waals surface area contributed by atoms with Crippen molar-refractivity contribution in [2.24, 2.45) is 0 Å². The number of rotatable bonds is 6. The van der Waals surface area contributed by atoms with Crippen molar-refractivity contribution in [2.45, 2.75) is 17.8 Å². The molecule has 3 aromatic carbocycles. The maximum Gasteiger partial charge on any atom is 0.416 e. The SMILES string of the molecule is COc1ccccc1NC(=O)/C(C#N)=C1\SC(Cc2cccc(C(F)(F)F)c2)C(=O)N1c1ccccc1. The molecule has 1 atom stereocenters. The predicted octanol–water partition coefficient (Wildman–Crippen LogP) is 5.78. The summed E-state index contributed by atoms with van der Waals surface area (Å²) in [4.78, 5) is 27.9. The van der Waals surface area contributed by atoms with Crippen LogP contribution < -0.4 is 15.0 Å². The number of halogens is 3. The van der Waals surface area contributed by atoms with Crippen molar-refractivity contribution in [1.82, 2.24) is 0 Å². The van der Waals surface area contributed by atoms with E-state index in [-0.39, 0.29) is 17.0 Å². The molecule has 4 rings (SSSR count). The Kier molecular flexibility index (Phi) is 7.55. The van der Waals surface area contributed by atoms with E-state index in [4.69, 9.17) is 4.74 Å². The van der Waals surface area contributed by atoms with E-state index in [2.05, 4.69) is 5.32 Å². The van der Waals surface area contributed by atoms with Crippen molar-refractivity contribution in [3.05, 3.63) is 101 Å². The van der Waals surface area contributed by atoms with Crippen LogP contribution >= 0.6 is 11.8 Å². The van der Waals surface area contributed by atoms with Gasteiger partial charge in [-0.3, -0.25) is 14.5 Å². The minimum atomic E-state index is -4.52. The van der Waals surface area contributed by atoms with Gasteiger partial charge in [0.05, 0.1) is 23.6 Å². The lowest BCUT2D eigenvalue weighted by Crippen LogP contribution is -2.31. The van der Waals surface area contributed by atoms with E-state index in [1.807, 2.05) is 6.07 Å². The summed E-state index contributed by atoms with van der Waals surface area (Å²) in [7, 11) is 1.44. The Morgan fingerprint density at radius 1 is 1.08 bits per heavy atom. The summed E-state index contributed by atoms with van der Waals surface area (Å²) in [5, 5.41) is 11.8. The van der Waals surface area contributed by atoms with Gasteiger partial charge in [-0.25, -0.2) is 0 Å². The third-order valence-electron chi connectivity index (χ3n) is 5.55. The highest BCUT2D eigenvalue weighted by molar-refractivity contribution is 8.05. The van der Waals surface area contributed by atoms with Crippen molar-refractivity contribution in [3.8, 4) is 11.8 Å². The van der Waals surface area contributed by atoms with Crippen LogP contribution in [0.25, 0.3) is 0 Å². The summed E-state index contributed by atoms with van der Waals surface area (Å²) in [5.41, 5.74) is -0.0413. The number of nitrogens with one attached hydrogen (secondary N) is 1. The van der Waals surface area contributed by atoms with Gasteiger partial charge in [0.25, 0.3) is 5.91 Å². The molecule has 0 bridgehead atoms. The molecule has 188 valence electrons. The minimum Gasteiger partial charge on any atom is -0.495 e. The Bertz CT molecular complexity index is 1400. The lowest BCUT2D eigenvalue weighted by molar-refractivity contribution is -0.137. The lowest BCUT2D eigenvalue weighted by atomic mass is 10.1. The monoisotopic (exact) mass is 523 g/mol. The first-order valence-corrected chi connectivity index (χ1v) is 11.9. The van der Waals surface area contributed by atoms with Crippen LogP contribution in [0.15, 0.2) is 89.5 Å². The maximum absolute atomic E-state index is 13.5. The number of alkyl halides is 3. The molecule has 2 amide bonds. The van der Waals surface area contributed by atoms with Gasteiger partial charge in [-0.15, -0.1) is 0 Å². The third kappa shape index (κ3) is 5.62. The van der Waals surface area contributed by atoms with Crippen LogP contribution in [0, 0.1) is 11.3 Å². The van der Waals surface area contributed by atoms with Crippen LogP contribution in [-0.4, -0.2) is 24.2 Å². The van der Waals surface area contributed by atoms with Gasteiger partial charge in [-0.05, 0) is 42.3 Å². The van der Waals surface area contributed by atoms with E-state index in [9.17, 15) is 28.0 Å². The highest BCUT2D eigenvalue weighted by Crippen LogP contribution is 2.42. The first kappa shape index (κ1) is 25.9. The summed E-state index contributed by atoms with van der Waals surface area (Å²) in [6.45, 7) is 0. The number of carbonyl (C=O) groups excluding carboxylic acids is 2. The van der Waals surface area contributed by atoms with Gasteiger partial charge in [0, 0.05) is 5.69 Å². The van der Waals surface area contributed by atoms with Gasteiger partial charge >= 0.3 is 6.18 Å². The summed E-state index contributed by atoms with van der Waals surface area (Å²) < 4.78 is 44.8. The zero-order valence-electron chi connectivity index (χ0n) is 19.5. The predicted molar refractivity (Wildman–Crippen MR) is 135 cm³/mol. The second-order valence-electron chi connectivity index (χ2n) is 7.96. The second kappa shape index (κ2) is 10.8. The van der Waals surface area contributed by atoms with Crippen LogP contribution in [0.2, 0.25) is 0 Å². The van der Waals surface area contributed by atoms with Gasteiger partial charge in [0.2, 0.25) is 5.91 Å². The van der Waals surface area contributed by atoms with Crippen LogP contribution in [0.5, 0.6) is 5.75 Å². The molecule has 0 aliphatic carbocycles. The van der Waals surface area contributed by atoms with Gasteiger partial charge in [-0.2, -0.15) is 18.4 Å². The Hall–Kier alpha value is -4.23. The fourth-order valence-electron chi connectivity index (χ4n) is 3.82. The fraction of sp³-hybridized carbons (Fsp3) is 0.148. The van der Waals surface area contributed by atoms with E-state index in [1.165, 1.54) is 24.1 Å². The van der Waals surface area contributed by atoms with E-state index in [0.717, 1.165) is 23.9 Å². The van der Waals surface area contributed by atoms with E-state index in [0.29, 0.717) is 22.7 Å². The normalized spacial score (nSPS) is 16.8. The molecule has 1 fully saturated rings. The molecule has 37 heavy (non-hydrogen) atoms. The van der Waals surface area contributed by atoms with E-state index in [1.54, 1.807) is 54.6 Å². The number of para-hydroxylation sites is 3. The molecule has 1 saturated heterocycles. The molecule has 0 aromatic heterocycles. The molecular weight excluding hydrogens is 503 g/mol. The number of carbonyl (C=O) groups is 2. The second-order valence-corrected chi connectivity index (χ2v) is 9.16. The number of nitrogens with zero attached hydrogens (tertiary/aromatic N) is 2. The van der Waals surface area contributed by atoms with Gasteiger partial charge in [0.1, 0.15) is 22.4 Å². The zero-order chi connectivity index (χ0) is 26.6. The largest absolute Gasteiger partial charge is 0.495 e. The number of ether oxygens (including phenoxy) is 1. The van der Waals surface area contributed by atoms with Crippen molar-refractivity contribution in [1.29, 1.82) is 5.26 Å². The van der Waals surface area contributed by atoms with Crippen LogP contribution in [0.1, 0.15) is 11.1 Å². The number of amides is 2. The molecular formula is C27H20F3N3O3S. The molecule has 6 nitrogen and oxygen atoms in total. The van der Waals surface area contributed by atoms with Crippen molar-refractivity contribution < 1.29 is 27.5 Å². The smallest absolute Gasteiger partial charge is 0.416 e. The molecule has 1 aliphatic rings. The highest BCUT2D eigenvalue weighted by Gasteiger charge is 2.41. The number of thioether (sulfide) groups is 1. The fourth-order valence-corrected chi connectivity index (χ4v) is 5.13. The molecule has 3 aromatic rings. The molecule has 0 spiro atoms. The van der Waals surface area contributed by atoms with Gasteiger partial charge < -0.3 is 10.1 Å². The molecule has 0 radical (unpaired) electrons. The third-order valence-corrected chi connectivity index (χ3v) is 6.81. The molecule has 1 aliphatic heterocycles. The Morgan fingerprint density at radius 3 is 2.46 bits per heavy atom. The topological polar surface area (TPSA) is 82.4 Å². The Balaban J connectivity index is 1.71. The maximum atomic E-state index is 13.5. The lowest BCUT2D eigenvalue weighted by Gasteiger charge is -2.19. The summed E-state index contributed by atoms with van der Waals surface area (Å²) >= 11 is 0.972. The number of methoxy groups -OCH3 is 1. The molecule has 10 heteroatoms. The van der Waals surface area contributed by atoms with Gasteiger partial charge in [0.15, 0.2) is 0 Å². The minimum absolute atomic E-state index is 0.0207. The molecule has 1 unspecified atom stereocenters. The standard InChI is InChI=1S/C27H20F3N3O3S/c1-36-22-13-6-5-12-21(22)32-24(34)20(16-31)26-33(19-10-3-2-4-11-19)25(35)23(37-26)15-17-8-7-9-18(14-17)27(28,29)30/h2-14,23H,15H2,1H3,(H,32,34)/b26-20-. The first-order valence-electron chi connectivity index (χ1n) is 11.0. The van der Waals surface area contributed by atoms with E-state index < -0.39 is 28.8 Å². The average Bonchev–Trinajstić information content (AvgIpc) is 3.20. The number of nitriles is 1. The molecule has 1 heterocycles. The molecule has 1 N–H and O–H groups in total. The molecule has 0 saturated carbocycles.